The van der Waals surface area contributed by atoms with Gasteiger partial charge in [0.05, 0.1) is 17.0 Å². The van der Waals surface area contributed by atoms with Crippen LogP contribution in [0.1, 0.15) is 47.3 Å². The largest absolute Gasteiger partial charge is 0.357 e. The van der Waals surface area contributed by atoms with Crippen LogP contribution in [-0.4, -0.2) is 33.0 Å². The number of pyridine rings is 2. The fraction of sp³-hybridized carbons (Fsp3) is 0.375. The van der Waals surface area contributed by atoms with Gasteiger partial charge in [-0.3, -0.25) is 9.78 Å². The van der Waals surface area contributed by atoms with Crippen LogP contribution in [0, 0.1) is 25.2 Å². The zero-order valence-electron chi connectivity index (χ0n) is 17.8. The van der Waals surface area contributed by atoms with Crippen LogP contribution in [0.4, 0.5) is 5.82 Å². The van der Waals surface area contributed by atoms with Crippen molar-refractivity contribution in [2.75, 3.05) is 18.0 Å². The number of H-pyrrole nitrogens is 1. The molecule has 0 aromatic carbocycles. The highest BCUT2D eigenvalue weighted by Crippen LogP contribution is 2.45. The summed E-state index contributed by atoms with van der Waals surface area (Å²) in [6.07, 6.45) is 7.05. The lowest BCUT2D eigenvalue weighted by Crippen LogP contribution is -2.42. The normalized spacial score (nSPS) is 16.9. The molecule has 5 rings (SSSR count). The van der Waals surface area contributed by atoms with Gasteiger partial charge >= 0.3 is 0 Å². The van der Waals surface area contributed by atoms with Crippen LogP contribution >= 0.6 is 0 Å². The molecule has 0 saturated carbocycles. The summed E-state index contributed by atoms with van der Waals surface area (Å²) in [7, 11) is 0. The van der Waals surface area contributed by atoms with Crippen LogP contribution in [0.2, 0.25) is 0 Å². The maximum atomic E-state index is 12.8. The molecule has 3 aromatic rings. The lowest BCUT2D eigenvalue weighted by atomic mass is 9.76. The maximum absolute atomic E-state index is 12.8. The minimum absolute atomic E-state index is 0.0248. The monoisotopic (exact) mass is 412 g/mol. The van der Waals surface area contributed by atoms with E-state index < -0.39 is 0 Å². The van der Waals surface area contributed by atoms with E-state index in [1.54, 1.807) is 12.4 Å². The minimum Gasteiger partial charge on any atom is -0.357 e. The first-order valence-corrected chi connectivity index (χ1v) is 10.7. The molecule has 4 heterocycles. The van der Waals surface area contributed by atoms with Crippen molar-refractivity contribution >= 4 is 5.82 Å². The van der Waals surface area contributed by atoms with Crippen molar-refractivity contribution in [2.24, 2.45) is 0 Å². The summed E-state index contributed by atoms with van der Waals surface area (Å²) < 4.78 is 0. The second-order valence-corrected chi connectivity index (χ2v) is 8.62. The maximum Gasteiger partial charge on any atom is 0.254 e. The quantitative estimate of drug-likeness (QED) is 0.694. The Balaban J connectivity index is 1.45. The topological polar surface area (TPSA) is 98.6 Å². The molecule has 2 aliphatic rings. The highest BCUT2D eigenvalue weighted by Gasteiger charge is 2.44. The molecular weight excluding hydrogens is 388 g/mol. The Labute approximate surface area is 180 Å². The van der Waals surface area contributed by atoms with E-state index in [4.69, 9.17) is 4.98 Å². The lowest BCUT2D eigenvalue weighted by Gasteiger charge is -2.40. The molecule has 0 atom stereocenters. The van der Waals surface area contributed by atoms with Gasteiger partial charge in [0.2, 0.25) is 0 Å². The molecule has 7 heteroatoms. The zero-order chi connectivity index (χ0) is 21.6. The van der Waals surface area contributed by atoms with Crippen molar-refractivity contribution in [3.8, 4) is 17.5 Å². The summed E-state index contributed by atoms with van der Waals surface area (Å²) in [5.74, 6) is 1.53. The number of aromatic amines is 1. The van der Waals surface area contributed by atoms with Crippen LogP contribution in [-0.2, 0) is 11.8 Å². The van der Waals surface area contributed by atoms with E-state index in [2.05, 4.69) is 25.9 Å². The Kier molecular flexibility index (Phi) is 4.58. The Hall–Kier alpha value is -3.53. The Morgan fingerprint density at radius 1 is 1.19 bits per heavy atom. The summed E-state index contributed by atoms with van der Waals surface area (Å²) in [5, 5.41) is 9.32. The predicted molar refractivity (Wildman–Crippen MR) is 118 cm³/mol. The average molecular weight is 412 g/mol. The van der Waals surface area contributed by atoms with Crippen molar-refractivity contribution in [1.82, 2.24) is 19.9 Å². The fourth-order valence-electron chi connectivity index (χ4n) is 5.08. The number of aryl methyl sites for hydroxylation is 2. The number of hydrogen-bond acceptors (Lipinski definition) is 6. The van der Waals surface area contributed by atoms with Gasteiger partial charge in [0.25, 0.3) is 5.56 Å². The van der Waals surface area contributed by atoms with Gasteiger partial charge in [-0.05, 0) is 63.3 Å². The number of aromatic nitrogens is 4. The molecule has 1 aliphatic carbocycles. The van der Waals surface area contributed by atoms with Gasteiger partial charge in [-0.1, -0.05) is 0 Å². The summed E-state index contributed by atoms with van der Waals surface area (Å²) in [6.45, 7) is 5.57. The number of anilines is 1. The second kappa shape index (κ2) is 7.31. The molecule has 1 fully saturated rings. The summed E-state index contributed by atoms with van der Waals surface area (Å²) in [5.41, 5.74) is 4.95. The molecule has 1 aliphatic heterocycles. The molecule has 1 saturated heterocycles. The van der Waals surface area contributed by atoms with Gasteiger partial charge in [0, 0.05) is 42.0 Å². The first-order valence-electron chi connectivity index (χ1n) is 10.7. The number of nitrogens with one attached hydrogen (secondary N) is 1. The summed E-state index contributed by atoms with van der Waals surface area (Å²) >= 11 is 0. The van der Waals surface area contributed by atoms with Crippen LogP contribution in [0.3, 0.4) is 0 Å². The third-order valence-corrected chi connectivity index (χ3v) is 6.85. The van der Waals surface area contributed by atoms with Gasteiger partial charge in [-0.2, -0.15) is 5.26 Å². The van der Waals surface area contributed by atoms with Gasteiger partial charge in [0.15, 0.2) is 0 Å². The van der Waals surface area contributed by atoms with Crippen LogP contribution in [0.5, 0.6) is 0 Å². The van der Waals surface area contributed by atoms with Crippen molar-refractivity contribution in [3.05, 3.63) is 69.0 Å². The first kappa shape index (κ1) is 19.4. The van der Waals surface area contributed by atoms with Crippen LogP contribution in [0.25, 0.3) is 11.4 Å². The molecule has 3 aromatic heterocycles. The third kappa shape index (κ3) is 3.19. The van der Waals surface area contributed by atoms with Crippen molar-refractivity contribution < 1.29 is 0 Å². The number of rotatable bonds is 2. The fourth-order valence-corrected chi connectivity index (χ4v) is 5.08. The molecule has 1 spiro atoms. The Morgan fingerprint density at radius 3 is 2.68 bits per heavy atom. The van der Waals surface area contributed by atoms with Crippen LogP contribution in [0.15, 0.2) is 35.4 Å². The molecule has 0 amide bonds. The standard InChI is InChI=1S/C24H24N6O/c1-15-12-20(27-16(2)19(15)13-25)30-10-7-24(8-11-30)6-5-18-21(24)28-22(29-23(18)31)17-4-3-9-26-14-17/h3-4,9,12,14H,5-8,10-11H2,1-2H3,(H,28,29,31). The van der Waals surface area contributed by atoms with E-state index >= 15 is 0 Å². The number of hydrogen-bond donors (Lipinski definition) is 1. The molecule has 0 bridgehead atoms. The number of fused-ring (bicyclic) bond motifs is 2. The molecule has 31 heavy (non-hydrogen) atoms. The van der Waals surface area contributed by atoms with Gasteiger partial charge in [-0.25, -0.2) is 9.97 Å². The predicted octanol–water partition coefficient (Wildman–Crippen LogP) is 3.20. The van der Waals surface area contributed by atoms with E-state index in [9.17, 15) is 10.1 Å². The Bertz CT molecular complexity index is 1230. The zero-order valence-corrected chi connectivity index (χ0v) is 17.8. The van der Waals surface area contributed by atoms with E-state index in [-0.39, 0.29) is 11.0 Å². The van der Waals surface area contributed by atoms with Crippen molar-refractivity contribution in [3.63, 3.8) is 0 Å². The number of nitriles is 1. The number of nitrogens with zero attached hydrogens (tertiary/aromatic N) is 5. The molecule has 7 nitrogen and oxygen atoms in total. The van der Waals surface area contributed by atoms with E-state index in [1.165, 1.54) is 0 Å². The molecule has 156 valence electrons. The smallest absolute Gasteiger partial charge is 0.254 e. The SMILES string of the molecule is Cc1cc(N2CCC3(CCc4c3nc(-c3cccnc3)[nH]c4=O)CC2)nc(C)c1C#N. The van der Waals surface area contributed by atoms with E-state index in [0.29, 0.717) is 11.4 Å². The van der Waals surface area contributed by atoms with Gasteiger partial charge in [0.1, 0.15) is 17.7 Å². The molecule has 0 unspecified atom stereocenters. The third-order valence-electron chi connectivity index (χ3n) is 6.85. The Morgan fingerprint density at radius 2 is 2.00 bits per heavy atom. The highest BCUT2D eigenvalue weighted by molar-refractivity contribution is 5.55. The number of piperidine rings is 1. The van der Waals surface area contributed by atoms with Crippen molar-refractivity contribution in [1.29, 1.82) is 5.26 Å². The first-order chi connectivity index (χ1) is 15.0. The van der Waals surface area contributed by atoms with Crippen LogP contribution < -0.4 is 10.5 Å². The molecule has 0 radical (unpaired) electrons. The van der Waals surface area contributed by atoms with Gasteiger partial charge < -0.3 is 9.88 Å². The minimum atomic E-state index is -0.0618. The van der Waals surface area contributed by atoms with Crippen molar-refractivity contribution in [2.45, 2.75) is 44.9 Å². The average Bonchev–Trinajstić information content (AvgIpc) is 3.13. The second-order valence-electron chi connectivity index (χ2n) is 8.62. The summed E-state index contributed by atoms with van der Waals surface area (Å²) in [6, 6.07) is 8.02. The van der Waals surface area contributed by atoms with Gasteiger partial charge in [-0.15, -0.1) is 0 Å². The van der Waals surface area contributed by atoms with E-state index in [0.717, 1.165) is 72.7 Å². The highest BCUT2D eigenvalue weighted by atomic mass is 16.1. The molecular formula is C24H24N6O. The summed E-state index contributed by atoms with van der Waals surface area (Å²) in [4.78, 5) is 31.8. The lowest BCUT2D eigenvalue weighted by molar-refractivity contribution is 0.322. The van der Waals surface area contributed by atoms with E-state index in [1.807, 2.05) is 32.0 Å². The molecule has 1 N–H and O–H groups in total.